The molecule has 2 aliphatic heterocycles. The van der Waals surface area contributed by atoms with Crippen molar-refractivity contribution in [1.29, 1.82) is 0 Å². The normalized spacial score (nSPS) is 31.8. The van der Waals surface area contributed by atoms with E-state index in [0.717, 1.165) is 26.2 Å². The van der Waals surface area contributed by atoms with Crippen LogP contribution in [0.1, 0.15) is 0 Å². The summed E-state index contributed by atoms with van der Waals surface area (Å²) in [6.45, 7) is 3.55. The zero-order valence-corrected chi connectivity index (χ0v) is 5.76. The zero-order chi connectivity index (χ0) is 6.97. The number of nitrogens with one attached hydrogen (secondary N) is 2. The Morgan fingerprint density at radius 2 is 2.40 bits per heavy atom. The second-order valence-corrected chi connectivity index (χ2v) is 2.74. The number of carbonyl (C=O) groups is 1. The third-order valence-corrected chi connectivity index (χ3v) is 2.10. The summed E-state index contributed by atoms with van der Waals surface area (Å²) in [6, 6.07) is 0.507. The quantitative estimate of drug-likeness (QED) is 0.453. The Morgan fingerprint density at radius 1 is 1.50 bits per heavy atom. The highest BCUT2D eigenvalue weighted by Crippen LogP contribution is 2.07. The highest BCUT2D eigenvalue weighted by atomic mass is 16.2. The Labute approximate surface area is 59.6 Å². The van der Waals surface area contributed by atoms with Crippen LogP contribution < -0.4 is 10.6 Å². The maximum absolute atomic E-state index is 11.0. The SMILES string of the molecule is O=C1NCC2CNCCN12. The van der Waals surface area contributed by atoms with Gasteiger partial charge in [0.25, 0.3) is 0 Å². The first kappa shape index (κ1) is 5.97. The summed E-state index contributed by atoms with van der Waals surface area (Å²) in [4.78, 5) is 12.9. The number of nitrogens with zero attached hydrogens (tertiary/aromatic N) is 1. The number of amides is 2. The van der Waals surface area contributed by atoms with Gasteiger partial charge in [-0.1, -0.05) is 0 Å². The van der Waals surface area contributed by atoms with Gasteiger partial charge in [-0.05, 0) is 0 Å². The van der Waals surface area contributed by atoms with Crippen molar-refractivity contribution in [3.63, 3.8) is 0 Å². The second kappa shape index (κ2) is 2.12. The van der Waals surface area contributed by atoms with Crippen LogP contribution in [0.5, 0.6) is 0 Å². The second-order valence-electron chi connectivity index (χ2n) is 2.74. The van der Waals surface area contributed by atoms with E-state index in [9.17, 15) is 4.79 Å². The highest BCUT2D eigenvalue weighted by molar-refractivity contribution is 5.77. The Morgan fingerprint density at radius 3 is 3.20 bits per heavy atom. The van der Waals surface area contributed by atoms with Crippen LogP contribution in [-0.2, 0) is 0 Å². The molecule has 2 N–H and O–H groups in total. The summed E-state index contributed by atoms with van der Waals surface area (Å²) in [5, 5.41) is 6.05. The molecule has 1 unspecified atom stereocenters. The van der Waals surface area contributed by atoms with Gasteiger partial charge in [-0.2, -0.15) is 0 Å². The van der Waals surface area contributed by atoms with Gasteiger partial charge in [0.15, 0.2) is 0 Å². The predicted octanol–water partition coefficient (Wildman–Crippen LogP) is -1.02. The van der Waals surface area contributed by atoms with Crippen LogP contribution in [0.25, 0.3) is 0 Å². The molecule has 4 nitrogen and oxygen atoms in total. The minimum atomic E-state index is 0.103. The number of urea groups is 1. The average Bonchev–Trinajstić information content (AvgIpc) is 2.34. The minimum Gasteiger partial charge on any atom is -0.336 e. The van der Waals surface area contributed by atoms with Crippen LogP contribution in [-0.4, -0.2) is 43.2 Å². The molecule has 2 fully saturated rings. The summed E-state index contributed by atoms with van der Waals surface area (Å²) in [6.07, 6.45) is 0. The molecular formula is C6H11N3O. The van der Waals surface area contributed by atoms with E-state index < -0.39 is 0 Å². The lowest BCUT2D eigenvalue weighted by atomic mass is 10.2. The fourth-order valence-electron chi connectivity index (χ4n) is 1.52. The maximum atomic E-state index is 11.0. The van der Waals surface area contributed by atoms with Gasteiger partial charge in [0.1, 0.15) is 0 Å². The summed E-state index contributed by atoms with van der Waals surface area (Å²) in [7, 11) is 0. The first-order valence-electron chi connectivity index (χ1n) is 3.63. The number of fused-ring (bicyclic) bond motifs is 1. The monoisotopic (exact) mass is 141 g/mol. The summed E-state index contributed by atoms with van der Waals surface area (Å²) in [5.41, 5.74) is 0. The van der Waals surface area contributed by atoms with Gasteiger partial charge in [-0.3, -0.25) is 0 Å². The lowest BCUT2D eigenvalue weighted by Crippen LogP contribution is -2.49. The van der Waals surface area contributed by atoms with Gasteiger partial charge in [0.2, 0.25) is 0 Å². The Kier molecular flexibility index (Phi) is 1.27. The van der Waals surface area contributed by atoms with Crippen molar-refractivity contribution < 1.29 is 4.79 Å². The van der Waals surface area contributed by atoms with Gasteiger partial charge in [-0.25, -0.2) is 4.79 Å². The topological polar surface area (TPSA) is 44.4 Å². The van der Waals surface area contributed by atoms with Gasteiger partial charge in [0, 0.05) is 26.2 Å². The molecule has 0 aromatic carbocycles. The van der Waals surface area contributed by atoms with Crippen LogP contribution in [0, 0.1) is 0 Å². The van der Waals surface area contributed by atoms with Crippen molar-refractivity contribution in [2.75, 3.05) is 26.2 Å². The van der Waals surface area contributed by atoms with Crippen LogP contribution in [0.3, 0.4) is 0 Å². The van der Waals surface area contributed by atoms with E-state index in [2.05, 4.69) is 10.6 Å². The summed E-state index contributed by atoms with van der Waals surface area (Å²) in [5.74, 6) is 0. The molecule has 0 radical (unpaired) electrons. The van der Waals surface area contributed by atoms with Gasteiger partial charge in [0.05, 0.1) is 6.04 Å². The van der Waals surface area contributed by atoms with E-state index in [0.29, 0.717) is 6.04 Å². The maximum Gasteiger partial charge on any atom is 0.317 e. The van der Waals surface area contributed by atoms with E-state index in [-0.39, 0.29) is 6.03 Å². The van der Waals surface area contributed by atoms with Crippen molar-refractivity contribution in [3.05, 3.63) is 0 Å². The van der Waals surface area contributed by atoms with Crippen molar-refractivity contribution in [1.82, 2.24) is 15.5 Å². The molecule has 0 bridgehead atoms. The molecule has 0 spiro atoms. The molecule has 4 heteroatoms. The standard InChI is InChI=1S/C6H11N3O/c10-6-8-4-5-3-7-1-2-9(5)6/h5,7H,1-4H2,(H,8,10). The molecule has 0 aromatic rings. The minimum absolute atomic E-state index is 0.103. The third-order valence-electron chi connectivity index (χ3n) is 2.10. The van der Waals surface area contributed by atoms with E-state index in [1.54, 1.807) is 0 Å². The van der Waals surface area contributed by atoms with Crippen LogP contribution in [0.4, 0.5) is 4.79 Å². The Bertz CT molecular complexity index is 159. The van der Waals surface area contributed by atoms with Crippen LogP contribution in [0.15, 0.2) is 0 Å². The number of piperazine rings is 1. The summed E-state index contributed by atoms with van der Waals surface area (Å²) < 4.78 is 0. The molecule has 0 saturated carbocycles. The number of hydrogen-bond donors (Lipinski definition) is 2. The lowest BCUT2D eigenvalue weighted by Gasteiger charge is -2.28. The van der Waals surface area contributed by atoms with E-state index >= 15 is 0 Å². The number of rotatable bonds is 0. The molecule has 10 heavy (non-hydrogen) atoms. The zero-order valence-electron chi connectivity index (χ0n) is 5.76. The number of carbonyl (C=O) groups excluding carboxylic acids is 1. The fourth-order valence-corrected chi connectivity index (χ4v) is 1.52. The van der Waals surface area contributed by atoms with Crippen molar-refractivity contribution in [2.24, 2.45) is 0 Å². The third kappa shape index (κ3) is 0.759. The van der Waals surface area contributed by atoms with Crippen LogP contribution in [0.2, 0.25) is 0 Å². The molecule has 2 rings (SSSR count). The first-order chi connectivity index (χ1) is 4.88. The Hall–Kier alpha value is -0.770. The van der Waals surface area contributed by atoms with Gasteiger partial charge >= 0.3 is 6.03 Å². The predicted molar refractivity (Wildman–Crippen MR) is 36.8 cm³/mol. The molecule has 2 heterocycles. The van der Waals surface area contributed by atoms with Crippen molar-refractivity contribution in [2.45, 2.75) is 6.04 Å². The van der Waals surface area contributed by atoms with Gasteiger partial charge < -0.3 is 15.5 Å². The smallest absolute Gasteiger partial charge is 0.317 e. The molecule has 2 amide bonds. The van der Waals surface area contributed by atoms with E-state index in [1.165, 1.54) is 0 Å². The molecule has 0 aliphatic carbocycles. The van der Waals surface area contributed by atoms with E-state index in [4.69, 9.17) is 0 Å². The summed E-state index contributed by atoms with van der Waals surface area (Å²) >= 11 is 0. The number of hydrogen-bond acceptors (Lipinski definition) is 2. The first-order valence-corrected chi connectivity index (χ1v) is 3.63. The molecule has 0 aromatic heterocycles. The highest BCUT2D eigenvalue weighted by Gasteiger charge is 2.31. The van der Waals surface area contributed by atoms with Gasteiger partial charge in [-0.15, -0.1) is 0 Å². The fraction of sp³-hybridized carbons (Fsp3) is 0.833. The Balaban J connectivity index is 2.08. The molecule has 2 aliphatic rings. The average molecular weight is 141 g/mol. The molecule has 2 saturated heterocycles. The molecule has 1 atom stereocenters. The molecule has 56 valence electrons. The van der Waals surface area contributed by atoms with Crippen LogP contribution >= 0.6 is 0 Å². The van der Waals surface area contributed by atoms with E-state index in [1.807, 2.05) is 4.90 Å². The largest absolute Gasteiger partial charge is 0.336 e. The van der Waals surface area contributed by atoms with Crippen molar-refractivity contribution >= 4 is 6.03 Å². The molecular weight excluding hydrogens is 130 g/mol. The van der Waals surface area contributed by atoms with Crippen molar-refractivity contribution in [3.8, 4) is 0 Å². The lowest BCUT2D eigenvalue weighted by molar-refractivity contribution is 0.191.